The van der Waals surface area contributed by atoms with Crippen LogP contribution < -0.4 is 11.6 Å². The lowest BCUT2D eigenvalue weighted by Gasteiger charge is -2.14. The van der Waals surface area contributed by atoms with Gasteiger partial charge in [-0.1, -0.05) is 38.8 Å². The molecule has 0 aliphatic heterocycles. The first-order valence-corrected chi connectivity index (χ1v) is 7.47. The molecule has 0 fully saturated rings. The third kappa shape index (κ3) is 7.14. The third-order valence-electron chi connectivity index (χ3n) is 3.38. The van der Waals surface area contributed by atoms with Crippen LogP contribution in [0.25, 0.3) is 0 Å². The smallest absolute Gasteiger partial charge is 0.0994 e. The molecule has 0 saturated carbocycles. The molecule has 0 amide bonds. The first kappa shape index (κ1) is 16.5. The Hall–Kier alpha value is -1.55. The van der Waals surface area contributed by atoms with Gasteiger partial charge in [-0.15, -0.1) is 0 Å². The lowest BCUT2D eigenvalue weighted by Crippen LogP contribution is -2.30. The number of hydrogen-bond donors (Lipinski definition) is 2. The summed E-state index contributed by atoms with van der Waals surface area (Å²) in [6.07, 6.45) is 6.63. The molecule has 0 bridgehead atoms. The number of hydrogen-bond acceptors (Lipinski definition) is 3. The molecule has 20 heavy (non-hydrogen) atoms. The lowest BCUT2D eigenvalue weighted by molar-refractivity contribution is 0.391. The van der Waals surface area contributed by atoms with E-state index in [-0.39, 0.29) is 0 Å². The van der Waals surface area contributed by atoms with E-state index in [1.807, 2.05) is 24.3 Å². The van der Waals surface area contributed by atoms with Crippen molar-refractivity contribution in [3.05, 3.63) is 29.8 Å². The highest BCUT2D eigenvalue weighted by atomic mass is 15.4. The molecule has 1 rings (SSSR count). The summed E-state index contributed by atoms with van der Waals surface area (Å²) < 4.78 is 0. The van der Waals surface area contributed by atoms with E-state index in [0.29, 0.717) is 6.54 Å². The molecular weight excluding hydrogens is 248 g/mol. The van der Waals surface area contributed by atoms with E-state index in [9.17, 15) is 0 Å². The second-order valence-corrected chi connectivity index (χ2v) is 5.47. The zero-order valence-electron chi connectivity index (χ0n) is 12.8. The first-order valence-electron chi connectivity index (χ1n) is 7.47. The van der Waals surface area contributed by atoms with Crippen molar-refractivity contribution in [3.8, 4) is 0 Å². The Morgan fingerprint density at radius 3 is 2.60 bits per heavy atom. The molecule has 0 aromatic heterocycles. The molecule has 1 unspecified atom stereocenters. The van der Waals surface area contributed by atoms with E-state index in [2.05, 4.69) is 18.8 Å². The fourth-order valence-electron chi connectivity index (χ4n) is 2.19. The number of nitrogen functional groups attached to an aromatic ring is 1. The van der Waals surface area contributed by atoms with E-state index in [0.717, 1.165) is 30.1 Å². The van der Waals surface area contributed by atoms with Gasteiger partial charge >= 0.3 is 0 Å². The topological polar surface area (TPSA) is 67.6 Å². The Morgan fingerprint density at radius 2 is 1.95 bits per heavy atom. The van der Waals surface area contributed by atoms with E-state index in [1.54, 1.807) is 11.3 Å². The predicted molar refractivity (Wildman–Crippen MR) is 87.2 cm³/mol. The quantitative estimate of drug-likeness (QED) is 0.239. The van der Waals surface area contributed by atoms with Crippen molar-refractivity contribution in [2.75, 3.05) is 12.3 Å². The highest BCUT2D eigenvalue weighted by Crippen LogP contribution is 2.11. The van der Waals surface area contributed by atoms with Gasteiger partial charge in [-0.05, 0) is 36.5 Å². The highest BCUT2D eigenvalue weighted by Gasteiger charge is 2.01. The molecule has 0 aliphatic carbocycles. The van der Waals surface area contributed by atoms with Crippen molar-refractivity contribution in [3.63, 3.8) is 0 Å². The molecule has 4 heteroatoms. The molecule has 112 valence electrons. The molecule has 1 aromatic rings. The first-order chi connectivity index (χ1) is 9.61. The van der Waals surface area contributed by atoms with Crippen LogP contribution in [0.15, 0.2) is 29.3 Å². The summed E-state index contributed by atoms with van der Waals surface area (Å²) in [5, 5.41) is 1.68. The summed E-state index contributed by atoms with van der Waals surface area (Å²) >= 11 is 0. The van der Waals surface area contributed by atoms with Gasteiger partial charge in [0.05, 0.1) is 12.9 Å². The second-order valence-electron chi connectivity index (χ2n) is 5.47. The van der Waals surface area contributed by atoms with Gasteiger partial charge in [-0.25, -0.2) is 5.84 Å². The Labute approximate surface area is 122 Å². The fraction of sp³-hybridized carbons (Fsp3) is 0.562. The number of benzene rings is 1. The molecule has 1 atom stereocenters. The predicted octanol–water partition coefficient (Wildman–Crippen LogP) is 3.19. The van der Waals surface area contributed by atoms with Crippen LogP contribution in [0.5, 0.6) is 0 Å². The molecule has 0 saturated heterocycles. The van der Waals surface area contributed by atoms with Crippen molar-refractivity contribution in [2.45, 2.75) is 46.1 Å². The van der Waals surface area contributed by atoms with Gasteiger partial charge in [0.1, 0.15) is 0 Å². The molecule has 0 aliphatic rings. The summed E-state index contributed by atoms with van der Waals surface area (Å²) in [7, 11) is 0. The minimum absolute atomic E-state index is 0.639. The summed E-state index contributed by atoms with van der Waals surface area (Å²) in [4.78, 5) is 4.34. The minimum Gasteiger partial charge on any atom is -0.399 e. The van der Waals surface area contributed by atoms with Gasteiger partial charge in [-0.2, -0.15) is 0 Å². The largest absolute Gasteiger partial charge is 0.399 e. The summed E-state index contributed by atoms with van der Waals surface area (Å²) in [5.74, 6) is 6.68. The van der Waals surface area contributed by atoms with Gasteiger partial charge in [0.2, 0.25) is 0 Å². The standard InChI is InChI=1S/C16H28N4/c1-3-5-14(2)6-4-11-20(18)13-19-12-15-7-9-16(17)10-8-15/h7-10,13-14H,3-6,11-12,17-18H2,1-2H3/b19-13-. The van der Waals surface area contributed by atoms with Crippen LogP contribution in [0.1, 0.15) is 45.1 Å². The van der Waals surface area contributed by atoms with Gasteiger partial charge in [0, 0.05) is 12.2 Å². The maximum atomic E-state index is 5.89. The number of nitrogens with zero attached hydrogens (tertiary/aromatic N) is 2. The Bertz CT molecular complexity index is 386. The van der Waals surface area contributed by atoms with Crippen molar-refractivity contribution in [1.82, 2.24) is 5.01 Å². The maximum Gasteiger partial charge on any atom is 0.0994 e. The monoisotopic (exact) mass is 276 g/mol. The SMILES string of the molecule is CCCC(C)CCCN(N)/C=N\Cc1ccc(N)cc1. The average molecular weight is 276 g/mol. The van der Waals surface area contributed by atoms with Gasteiger partial charge in [0.15, 0.2) is 0 Å². The molecule has 4 N–H and O–H groups in total. The van der Waals surface area contributed by atoms with Crippen LogP contribution >= 0.6 is 0 Å². The van der Waals surface area contributed by atoms with Crippen molar-refractivity contribution in [2.24, 2.45) is 16.8 Å². The second kappa shape index (κ2) is 9.37. The van der Waals surface area contributed by atoms with E-state index in [4.69, 9.17) is 11.6 Å². The Balaban J connectivity index is 2.19. The van der Waals surface area contributed by atoms with Crippen LogP contribution in [0.3, 0.4) is 0 Å². The summed E-state index contributed by atoms with van der Waals surface area (Å²) in [5.41, 5.74) is 7.55. The number of aliphatic imine (C=N–C) groups is 1. The van der Waals surface area contributed by atoms with E-state index in [1.165, 1.54) is 19.3 Å². The van der Waals surface area contributed by atoms with Crippen molar-refractivity contribution >= 4 is 12.0 Å². The summed E-state index contributed by atoms with van der Waals surface area (Å²) in [6.45, 7) is 6.04. The van der Waals surface area contributed by atoms with Gasteiger partial charge in [0.25, 0.3) is 0 Å². The zero-order chi connectivity index (χ0) is 14.8. The lowest BCUT2D eigenvalue weighted by atomic mass is 10.0. The number of anilines is 1. The normalized spacial score (nSPS) is 12.8. The maximum absolute atomic E-state index is 5.89. The fourth-order valence-corrected chi connectivity index (χ4v) is 2.19. The van der Waals surface area contributed by atoms with E-state index >= 15 is 0 Å². The van der Waals surface area contributed by atoms with Crippen LogP contribution in [0.2, 0.25) is 0 Å². The van der Waals surface area contributed by atoms with Crippen LogP contribution in [0.4, 0.5) is 5.69 Å². The molecule has 0 heterocycles. The number of hydrazine groups is 1. The van der Waals surface area contributed by atoms with Gasteiger partial charge < -0.3 is 10.7 Å². The number of nitrogens with two attached hydrogens (primary N) is 2. The average Bonchev–Trinajstić information content (AvgIpc) is 2.41. The van der Waals surface area contributed by atoms with Gasteiger partial charge in [-0.3, -0.25) is 4.99 Å². The minimum atomic E-state index is 0.639. The van der Waals surface area contributed by atoms with Crippen molar-refractivity contribution < 1.29 is 0 Å². The molecule has 1 aromatic carbocycles. The molecule has 0 spiro atoms. The Morgan fingerprint density at radius 1 is 1.25 bits per heavy atom. The Kier molecular flexibility index (Phi) is 7.73. The van der Waals surface area contributed by atoms with E-state index < -0.39 is 0 Å². The molecule has 0 radical (unpaired) electrons. The highest BCUT2D eigenvalue weighted by molar-refractivity contribution is 5.54. The molecular formula is C16H28N4. The van der Waals surface area contributed by atoms with Crippen LogP contribution in [0, 0.1) is 5.92 Å². The molecule has 4 nitrogen and oxygen atoms in total. The van der Waals surface area contributed by atoms with Crippen LogP contribution in [-0.4, -0.2) is 17.9 Å². The van der Waals surface area contributed by atoms with Crippen LogP contribution in [-0.2, 0) is 6.54 Å². The zero-order valence-corrected chi connectivity index (χ0v) is 12.8. The van der Waals surface area contributed by atoms with Crippen molar-refractivity contribution in [1.29, 1.82) is 0 Å². The summed E-state index contributed by atoms with van der Waals surface area (Å²) in [6, 6.07) is 7.75. The number of rotatable bonds is 9. The third-order valence-corrected chi connectivity index (χ3v) is 3.38.